The summed E-state index contributed by atoms with van der Waals surface area (Å²) in [6, 6.07) is 5.09. The molecule has 2 aliphatic rings. The standard InChI is InChI=1S/C17H24/c1-17(2)9-7-15-11-13-5-3-4-6-14(13)12-16(15)8-10-17/h11-12H,3-10H2,1-2H3. The molecule has 1 aromatic carbocycles. The molecule has 0 saturated heterocycles. The molecule has 0 fully saturated rings. The molecule has 0 bridgehead atoms. The fraction of sp³-hybridized carbons (Fsp3) is 0.647. The van der Waals surface area contributed by atoms with Crippen LogP contribution in [0.5, 0.6) is 0 Å². The van der Waals surface area contributed by atoms with Crippen LogP contribution in [0.25, 0.3) is 0 Å². The topological polar surface area (TPSA) is 0 Å². The van der Waals surface area contributed by atoms with Crippen molar-refractivity contribution in [2.45, 2.75) is 65.2 Å². The third kappa shape index (κ3) is 2.27. The minimum absolute atomic E-state index is 0.541. The van der Waals surface area contributed by atoms with Gasteiger partial charge in [-0.1, -0.05) is 26.0 Å². The largest absolute Gasteiger partial charge is 0.0599 e. The smallest absolute Gasteiger partial charge is 0.0271 e. The predicted molar refractivity (Wildman–Crippen MR) is 73.5 cm³/mol. The van der Waals surface area contributed by atoms with E-state index in [1.807, 2.05) is 0 Å². The maximum Gasteiger partial charge on any atom is -0.0271 e. The lowest BCUT2D eigenvalue weighted by molar-refractivity contribution is 0.317. The number of aryl methyl sites for hydroxylation is 4. The van der Waals surface area contributed by atoms with Crippen molar-refractivity contribution in [3.63, 3.8) is 0 Å². The van der Waals surface area contributed by atoms with Crippen molar-refractivity contribution < 1.29 is 0 Å². The zero-order valence-electron chi connectivity index (χ0n) is 11.3. The lowest BCUT2D eigenvalue weighted by Gasteiger charge is -2.21. The molecule has 0 saturated carbocycles. The molecule has 17 heavy (non-hydrogen) atoms. The Balaban J connectivity index is 1.96. The van der Waals surface area contributed by atoms with Crippen LogP contribution in [0.2, 0.25) is 0 Å². The molecule has 0 N–H and O–H groups in total. The Bertz CT molecular complexity index is 387. The Labute approximate surface area is 105 Å². The van der Waals surface area contributed by atoms with Gasteiger partial charge in [0, 0.05) is 0 Å². The zero-order chi connectivity index (χ0) is 11.9. The molecule has 0 atom stereocenters. The van der Waals surface area contributed by atoms with Crippen LogP contribution < -0.4 is 0 Å². The third-order valence-corrected chi connectivity index (χ3v) is 4.81. The zero-order valence-corrected chi connectivity index (χ0v) is 11.3. The van der Waals surface area contributed by atoms with Gasteiger partial charge in [-0.3, -0.25) is 0 Å². The van der Waals surface area contributed by atoms with E-state index in [1.165, 1.54) is 51.4 Å². The summed E-state index contributed by atoms with van der Waals surface area (Å²) < 4.78 is 0. The van der Waals surface area contributed by atoms with E-state index in [-0.39, 0.29) is 0 Å². The summed E-state index contributed by atoms with van der Waals surface area (Å²) in [4.78, 5) is 0. The first-order chi connectivity index (χ1) is 8.14. The molecular formula is C17H24. The van der Waals surface area contributed by atoms with Gasteiger partial charge < -0.3 is 0 Å². The van der Waals surface area contributed by atoms with Gasteiger partial charge in [-0.2, -0.15) is 0 Å². The molecule has 0 amide bonds. The Morgan fingerprint density at radius 1 is 0.706 bits per heavy atom. The number of fused-ring (bicyclic) bond motifs is 2. The van der Waals surface area contributed by atoms with E-state index in [1.54, 1.807) is 22.3 Å². The summed E-state index contributed by atoms with van der Waals surface area (Å²) in [5.74, 6) is 0. The highest BCUT2D eigenvalue weighted by molar-refractivity contribution is 5.40. The van der Waals surface area contributed by atoms with Gasteiger partial charge in [0.2, 0.25) is 0 Å². The number of hydrogen-bond acceptors (Lipinski definition) is 0. The molecule has 0 heteroatoms. The van der Waals surface area contributed by atoms with Crippen LogP contribution in [0.15, 0.2) is 12.1 Å². The van der Waals surface area contributed by atoms with E-state index >= 15 is 0 Å². The van der Waals surface area contributed by atoms with Crippen molar-refractivity contribution in [3.05, 3.63) is 34.4 Å². The lowest BCUT2D eigenvalue weighted by atomic mass is 9.85. The van der Waals surface area contributed by atoms with Gasteiger partial charge in [0.15, 0.2) is 0 Å². The first-order valence-corrected chi connectivity index (χ1v) is 7.28. The Morgan fingerprint density at radius 2 is 1.12 bits per heavy atom. The van der Waals surface area contributed by atoms with Crippen molar-refractivity contribution in [3.8, 4) is 0 Å². The first kappa shape index (κ1) is 11.3. The summed E-state index contributed by atoms with van der Waals surface area (Å²) in [5.41, 5.74) is 7.19. The summed E-state index contributed by atoms with van der Waals surface area (Å²) >= 11 is 0. The van der Waals surface area contributed by atoms with Gasteiger partial charge >= 0.3 is 0 Å². The summed E-state index contributed by atoms with van der Waals surface area (Å²) in [6.45, 7) is 4.86. The fourth-order valence-corrected chi connectivity index (χ4v) is 3.42. The second-order valence-corrected chi connectivity index (χ2v) is 6.76. The monoisotopic (exact) mass is 228 g/mol. The van der Waals surface area contributed by atoms with Gasteiger partial charge in [0.1, 0.15) is 0 Å². The molecule has 3 rings (SSSR count). The SMILES string of the molecule is CC1(C)CCc2cc3c(cc2CC1)CCCC3. The van der Waals surface area contributed by atoms with Gasteiger partial charge in [0.25, 0.3) is 0 Å². The Kier molecular flexibility index (Phi) is 2.77. The van der Waals surface area contributed by atoms with Crippen molar-refractivity contribution in [1.82, 2.24) is 0 Å². The van der Waals surface area contributed by atoms with E-state index in [4.69, 9.17) is 0 Å². The van der Waals surface area contributed by atoms with E-state index < -0.39 is 0 Å². The lowest BCUT2D eigenvalue weighted by Crippen LogP contribution is -2.10. The molecule has 0 radical (unpaired) electrons. The minimum atomic E-state index is 0.541. The molecule has 0 heterocycles. The average molecular weight is 228 g/mol. The quantitative estimate of drug-likeness (QED) is 0.575. The minimum Gasteiger partial charge on any atom is -0.0599 e. The second kappa shape index (κ2) is 4.15. The highest BCUT2D eigenvalue weighted by Crippen LogP contribution is 2.35. The van der Waals surface area contributed by atoms with Crippen molar-refractivity contribution in [2.75, 3.05) is 0 Å². The van der Waals surface area contributed by atoms with Crippen LogP contribution in [-0.2, 0) is 25.7 Å². The maximum atomic E-state index is 2.55. The van der Waals surface area contributed by atoms with Gasteiger partial charge in [0.05, 0.1) is 0 Å². The Hall–Kier alpha value is -0.780. The van der Waals surface area contributed by atoms with Gasteiger partial charge in [-0.25, -0.2) is 0 Å². The number of rotatable bonds is 0. The van der Waals surface area contributed by atoms with Crippen LogP contribution in [0.4, 0.5) is 0 Å². The first-order valence-electron chi connectivity index (χ1n) is 7.28. The van der Waals surface area contributed by atoms with Crippen LogP contribution in [0.1, 0.15) is 61.8 Å². The molecule has 0 nitrogen and oxygen atoms in total. The summed E-state index contributed by atoms with van der Waals surface area (Å²) in [7, 11) is 0. The molecule has 0 spiro atoms. The molecule has 92 valence electrons. The van der Waals surface area contributed by atoms with Crippen LogP contribution in [0, 0.1) is 5.41 Å². The maximum absolute atomic E-state index is 2.55. The van der Waals surface area contributed by atoms with Crippen molar-refractivity contribution in [1.29, 1.82) is 0 Å². The van der Waals surface area contributed by atoms with Gasteiger partial charge in [-0.15, -0.1) is 0 Å². The van der Waals surface area contributed by atoms with Crippen LogP contribution in [-0.4, -0.2) is 0 Å². The van der Waals surface area contributed by atoms with E-state index in [0.717, 1.165) is 0 Å². The normalized spacial score (nSPS) is 22.5. The molecular weight excluding hydrogens is 204 g/mol. The van der Waals surface area contributed by atoms with Crippen LogP contribution >= 0.6 is 0 Å². The molecule has 0 aliphatic heterocycles. The van der Waals surface area contributed by atoms with Crippen LogP contribution in [0.3, 0.4) is 0 Å². The molecule has 0 unspecified atom stereocenters. The summed E-state index contributed by atoms with van der Waals surface area (Å²) in [6.07, 6.45) is 10.8. The second-order valence-electron chi connectivity index (χ2n) is 6.76. The molecule has 1 aromatic rings. The van der Waals surface area contributed by atoms with E-state index in [9.17, 15) is 0 Å². The number of benzene rings is 1. The third-order valence-electron chi connectivity index (χ3n) is 4.81. The molecule has 2 aliphatic carbocycles. The van der Waals surface area contributed by atoms with E-state index in [0.29, 0.717) is 5.41 Å². The number of hydrogen-bond donors (Lipinski definition) is 0. The predicted octanol–water partition coefficient (Wildman–Crippen LogP) is 4.47. The molecule has 0 aromatic heterocycles. The fourth-order valence-electron chi connectivity index (χ4n) is 3.42. The van der Waals surface area contributed by atoms with Crippen molar-refractivity contribution in [2.24, 2.45) is 5.41 Å². The Morgan fingerprint density at radius 3 is 1.59 bits per heavy atom. The highest BCUT2D eigenvalue weighted by Gasteiger charge is 2.23. The van der Waals surface area contributed by atoms with Gasteiger partial charge in [-0.05, 0) is 79.0 Å². The average Bonchev–Trinajstić information content (AvgIpc) is 2.47. The highest BCUT2D eigenvalue weighted by atomic mass is 14.3. The van der Waals surface area contributed by atoms with E-state index in [2.05, 4.69) is 26.0 Å². The summed E-state index contributed by atoms with van der Waals surface area (Å²) in [5, 5.41) is 0. The van der Waals surface area contributed by atoms with Crippen molar-refractivity contribution >= 4 is 0 Å².